The Labute approximate surface area is 132 Å². The van der Waals surface area contributed by atoms with Crippen molar-refractivity contribution in [1.82, 2.24) is 5.32 Å². The summed E-state index contributed by atoms with van der Waals surface area (Å²) in [7, 11) is 0. The Morgan fingerprint density at radius 2 is 1.86 bits per heavy atom. The SMILES string of the molecule is CC(C)CCNC(=O)c1cccc(OCc2ccccc2)c1. The average Bonchev–Trinajstić information content (AvgIpc) is 2.54. The molecule has 0 bridgehead atoms. The predicted molar refractivity (Wildman–Crippen MR) is 89.0 cm³/mol. The van der Waals surface area contributed by atoms with Crippen LogP contribution in [-0.4, -0.2) is 12.5 Å². The summed E-state index contributed by atoms with van der Waals surface area (Å²) < 4.78 is 5.75. The van der Waals surface area contributed by atoms with Gasteiger partial charge >= 0.3 is 0 Å². The van der Waals surface area contributed by atoms with Crippen molar-refractivity contribution in [3.05, 3.63) is 65.7 Å². The van der Waals surface area contributed by atoms with E-state index in [1.165, 1.54) is 0 Å². The molecule has 3 nitrogen and oxygen atoms in total. The van der Waals surface area contributed by atoms with E-state index >= 15 is 0 Å². The van der Waals surface area contributed by atoms with Gasteiger partial charge in [-0.1, -0.05) is 50.2 Å². The van der Waals surface area contributed by atoms with Gasteiger partial charge in [-0.05, 0) is 36.1 Å². The van der Waals surface area contributed by atoms with Crippen LogP contribution in [-0.2, 0) is 6.61 Å². The highest BCUT2D eigenvalue weighted by molar-refractivity contribution is 5.94. The van der Waals surface area contributed by atoms with Gasteiger partial charge in [-0.2, -0.15) is 0 Å². The highest BCUT2D eigenvalue weighted by Crippen LogP contribution is 2.15. The Balaban J connectivity index is 1.90. The molecule has 0 fully saturated rings. The van der Waals surface area contributed by atoms with Gasteiger partial charge in [0.15, 0.2) is 0 Å². The van der Waals surface area contributed by atoms with Gasteiger partial charge in [0.2, 0.25) is 0 Å². The molecule has 0 saturated heterocycles. The van der Waals surface area contributed by atoms with E-state index in [4.69, 9.17) is 4.74 Å². The Hall–Kier alpha value is -2.29. The standard InChI is InChI=1S/C19H23NO2/c1-15(2)11-12-20-19(21)17-9-6-10-18(13-17)22-14-16-7-4-3-5-8-16/h3-10,13,15H,11-12,14H2,1-2H3,(H,20,21). The summed E-state index contributed by atoms with van der Waals surface area (Å²) in [5, 5.41) is 2.94. The molecule has 0 spiro atoms. The number of nitrogens with one attached hydrogen (secondary N) is 1. The highest BCUT2D eigenvalue weighted by Gasteiger charge is 2.06. The fraction of sp³-hybridized carbons (Fsp3) is 0.316. The largest absolute Gasteiger partial charge is 0.489 e. The van der Waals surface area contributed by atoms with Gasteiger partial charge in [-0.25, -0.2) is 0 Å². The van der Waals surface area contributed by atoms with E-state index in [0.717, 1.165) is 12.0 Å². The van der Waals surface area contributed by atoms with Crippen LogP contribution in [0.1, 0.15) is 36.2 Å². The van der Waals surface area contributed by atoms with Crippen LogP contribution < -0.4 is 10.1 Å². The van der Waals surface area contributed by atoms with Gasteiger partial charge in [0, 0.05) is 12.1 Å². The Morgan fingerprint density at radius 3 is 2.59 bits per heavy atom. The minimum Gasteiger partial charge on any atom is -0.489 e. The summed E-state index contributed by atoms with van der Waals surface area (Å²) in [4.78, 5) is 12.1. The maximum Gasteiger partial charge on any atom is 0.251 e. The first kappa shape index (κ1) is 16.1. The van der Waals surface area contributed by atoms with Crippen molar-refractivity contribution < 1.29 is 9.53 Å². The minimum absolute atomic E-state index is 0.0502. The number of carbonyl (C=O) groups excluding carboxylic acids is 1. The van der Waals surface area contributed by atoms with Gasteiger partial charge in [0.25, 0.3) is 5.91 Å². The molecular weight excluding hydrogens is 274 g/mol. The van der Waals surface area contributed by atoms with Crippen molar-refractivity contribution in [3.63, 3.8) is 0 Å². The van der Waals surface area contributed by atoms with Crippen LogP contribution in [0, 0.1) is 5.92 Å². The fourth-order valence-corrected chi connectivity index (χ4v) is 2.04. The van der Waals surface area contributed by atoms with Crippen LogP contribution in [0.3, 0.4) is 0 Å². The van der Waals surface area contributed by atoms with Crippen molar-refractivity contribution >= 4 is 5.91 Å². The second-order valence-corrected chi connectivity index (χ2v) is 5.74. The van der Waals surface area contributed by atoms with E-state index in [1.54, 1.807) is 12.1 Å². The van der Waals surface area contributed by atoms with E-state index < -0.39 is 0 Å². The summed E-state index contributed by atoms with van der Waals surface area (Å²) in [5.74, 6) is 1.24. The van der Waals surface area contributed by atoms with Crippen LogP contribution in [0.25, 0.3) is 0 Å². The summed E-state index contributed by atoms with van der Waals surface area (Å²) >= 11 is 0. The van der Waals surface area contributed by atoms with Crippen molar-refractivity contribution in [2.75, 3.05) is 6.54 Å². The lowest BCUT2D eigenvalue weighted by Crippen LogP contribution is -2.25. The maximum absolute atomic E-state index is 12.1. The zero-order valence-corrected chi connectivity index (χ0v) is 13.2. The molecule has 0 atom stereocenters. The molecule has 2 rings (SSSR count). The third-order valence-corrected chi connectivity index (χ3v) is 3.35. The molecule has 0 saturated carbocycles. The van der Waals surface area contributed by atoms with Crippen molar-refractivity contribution in [1.29, 1.82) is 0 Å². The average molecular weight is 297 g/mol. The summed E-state index contributed by atoms with van der Waals surface area (Å²) in [6, 6.07) is 17.3. The van der Waals surface area contributed by atoms with Gasteiger partial charge in [0.1, 0.15) is 12.4 Å². The number of ether oxygens (including phenoxy) is 1. The van der Waals surface area contributed by atoms with Gasteiger partial charge in [0.05, 0.1) is 0 Å². The molecule has 2 aromatic carbocycles. The maximum atomic E-state index is 12.1. The Kier molecular flexibility index (Phi) is 6.01. The molecule has 0 heterocycles. The van der Waals surface area contributed by atoms with Crippen molar-refractivity contribution in [2.45, 2.75) is 26.9 Å². The summed E-state index contributed by atoms with van der Waals surface area (Å²) in [6.07, 6.45) is 0.982. The molecule has 1 amide bonds. The van der Waals surface area contributed by atoms with E-state index in [1.807, 2.05) is 42.5 Å². The van der Waals surface area contributed by atoms with Crippen LogP contribution in [0.15, 0.2) is 54.6 Å². The fourth-order valence-electron chi connectivity index (χ4n) is 2.04. The van der Waals surface area contributed by atoms with Crippen LogP contribution in [0.4, 0.5) is 0 Å². The quantitative estimate of drug-likeness (QED) is 0.837. The zero-order chi connectivity index (χ0) is 15.8. The molecule has 0 aliphatic carbocycles. The number of rotatable bonds is 7. The molecule has 2 aromatic rings. The van der Waals surface area contributed by atoms with Crippen LogP contribution >= 0.6 is 0 Å². The van der Waals surface area contributed by atoms with Gasteiger partial charge in [-0.15, -0.1) is 0 Å². The summed E-state index contributed by atoms with van der Waals surface area (Å²) in [6.45, 7) is 5.49. The first-order valence-electron chi connectivity index (χ1n) is 7.70. The normalized spacial score (nSPS) is 10.5. The molecular formula is C19H23NO2. The lowest BCUT2D eigenvalue weighted by molar-refractivity contribution is 0.0951. The molecule has 116 valence electrons. The topological polar surface area (TPSA) is 38.3 Å². The first-order valence-corrected chi connectivity index (χ1v) is 7.70. The van der Waals surface area contributed by atoms with Gasteiger partial charge in [-0.3, -0.25) is 4.79 Å². The Bertz CT molecular complexity index is 593. The lowest BCUT2D eigenvalue weighted by Gasteiger charge is -2.09. The molecule has 22 heavy (non-hydrogen) atoms. The number of amides is 1. The van der Waals surface area contributed by atoms with Crippen molar-refractivity contribution in [2.24, 2.45) is 5.92 Å². The third-order valence-electron chi connectivity index (χ3n) is 3.35. The number of benzene rings is 2. The number of hydrogen-bond donors (Lipinski definition) is 1. The van der Waals surface area contributed by atoms with Crippen molar-refractivity contribution in [3.8, 4) is 5.75 Å². The molecule has 0 aliphatic heterocycles. The number of carbonyl (C=O) groups is 1. The molecule has 0 aromatic heterocycles. The monoisotopic (exact) mass is 297 g/mol. The second kappa shape index (κ2) is 8.23. The molecule has 3 heteroatoms. The predicted octanol–water partition coefficient (Wildman–Crippen LogP) is 4.04. The zero-order valence-electron chi connectivity index (χ0n) is 13.2. The van der Waals surface area contributed by atoms with Gasteiger partial charge < -0.3 is 10.1 Å². The van der Waals surface area contributed by atoms with E-state index in [0.29, 0.717) is 30.4 Å². The third kappa shape index (κ3) is 5.24. The molecule has 0 aliphatic rings. The Morgan fingerprint density at radius 1 is 1.09 bits per heavy atom. The summed E-state index contributed by atoms with van der Waals surface area (Å²) in [5.41, 5.74) is 1.74. The first-order chi connectivity index (χ1) is 10.6. The molecule has 0 radical (unpaired) electrons. The van der Waals surface area contributed by atoms with E-state index in [-0.39, 0.29) is 5.91 Å². The molecule has 0 unspecified atom stereocenters. The number of hydrogen-bond acceptors (Lipinski definition) is 2. The minimum atomic E-state index is -0.0502. The van der Waals surface area contributed by atoms with Crippen LogP contribution in [0.5, 0.6) is 5.75 Å². The van der Waals surface area contributed by atoms with E-state index in [9.17, 15) is 4.79 Å². The van der Waals surface area contributed by atoms with E-state index in [2.05, 4.69) is 19.2 Å². The highest BCUT2D eigenvalue weighted by atomic mass is 16.5. The molecule has 1 N–H and O–H groups in total. The van der Waals surface area contributed by atoms with Crippen LogP contribution in [0.2, 0.25) is 0 Å². The smallest absolute Gasteiger partial charge is 0.251 e. The lowest BCUT2D eigenvalue weighted by atomic mass is 10.1. The second-order valence-electron chi connectivity index (χ2n) is 5.74.